The minimum atomic E-state index is -1.09. The summed E-state index contributed by atoms with van der Waals surface area (Å²) in [6, 6.07) is 11.9. The van der Waals surface area contributed by atoms with E-state index in [9.17, 15) is 19.1 Å². The van der Waals surface area contributed by atoms with Gasteiger partial charge in [-0.15, -0.1) is 11.3 Å². The number of hydrogen-bond acceptors (Lipinski definition) is 3. The van der Waals surface area contributed by atoms with E-state index in [1.54, 1.807) is 6.07 Å². The van der Waals surface area contributed by atoms with Crippen LogP contribution in [0.1, 0.15) is 43.6 Å². The summed E-state index contributed by atoms with van der Waals surface area (Å²) in [6.07, 6.45) is 0.249. The third-order valence-corrected chi connectivity index (χ3v) is 6.32. The van der Waals surface area contributed by atoms with E-state index < -0.39 is 11.8 Å². The molecule has 0 radical (unpaired) electrons. The zero-order chi connectivity index (χ0) is 20.0. The molecule has 0 unspecified atom stereocenters. The highest BCUT2D eigenvalue weighted by Crippen LogP contribution is 2.50. The maximum Gasteiger partial charge on any atom is 0.346 e. The van der Waals surface area contributed by atoms with E-state index >= 15 is 0 Å². The van der Waals surface area contributed by atoms with Gasteiger partial charge in [-0.3, -0.25) is 4.79 Å². The van der Waals surface area contributed by atoms with Crippen molar-refractivity contribution in [2.45, 2.75) is 26.2 Å². The monoisotopic (exact) mass is 395 g/mol. The molecule has 142 valence electrons. The molecule has 1 aliphatic rings. The summed E-state index contributed by atoms with van der Waals surface area (Å²) in [7, 11) is 0. The average Bonchev–Trinajstić information content (AvgIpc) is 3.02. The van der Waals surface area contributed by atoms with E-state index in [1.165, 1.54) is 18.2 Å². The Bertz CT molecular complexity index is 1120. The smallest absolute Gasteiger partial charge is 0.346 e. The highest BCUT2D eigenvalue weighted by Gasteiger charge is 2.35. The first-order valence-electron chi connectivity index (χ1n) is 8.88. The number of thiophene rings is 1. The number of hydrogen-bond donors (Lipinski definition) is 2. The van der Waals surface area contributed by atoms with Crippen molar-refractivity contribution in [1.29, 1.82) is 0 Å². The fourth-order valence-corrected chi connectivity index (χ4v) is 4.98. The molecule has 0 saturated carbocycles. The first-order valence-corrected chi connectivity index (χ1v) is 9.69. The number of anilines is 1. The molecule has 1 amide bonds. The quantitative estimate of drug-likeness (QED) is 0.629. The first kappa shape index (κ1) is 18.4. The van der Waals surface area contributed by atoms with E-state index in [-0.39, 0.29) is 23.1 Å². The Labute approximate surface area is 165 Å². The molecular formula is C22H18FNO3S. The second-order valence-corrected chi connectivity index (χ2v) is 8.08. The van der Waals surface area contributed by atoms with Crippen molar-refractivity contribution in [2.24, 2.45) is 0 Å². The van der Waals surface area contributed by atoms with Crippen LogP contribution in [-0.4, -0.2) is 17.0 Å². The lowest BCUT2D eigenvalue weighted by atomic mass is 9.85. The van der Waals surface area contributed by atoms with Gasteiger partial charge in [0.15, 0.2) is 0 Å². The zero-order valence-electron chi connectivity index (χ0n) is 15.4. The maximum atomic E-state index is 13.8. The highest BCUT2D eigenvalue weighted by molar-refractivity contribution is 7.15. The van der Waals surface area contributed by atoms with Crippen LogP contribution in [0, 0.1) is 19.7 Å². The molecule has 0 aliphatic carbocycles. The molecule has 2 heterocycles. The molecule has 0 saturated heterocycles. The Morgan fingerprint density at radius 2 is 2.00 bits per heavy atom. The number of carbonyl (C=O) groups excluding carboxylic acids is 1. The standard InChI is InChI=1S/C22H18FNO3S/c1-11-6-7-12(2)15(8-11)16-10-17(25)24-19-18(13-4-3-5-14(23)9-13)21(22(26)27)28-20(16)19/h3-9,16H,10H2,1-2H3,(H,24,25)(H,26,27)/t16-/m0/s1. The largest absolute Gasteiger partial charge is 0.477 e. The Hall–Kier alpha value is -2.99. The number of benzene rings is 2. The molecule has 0 fully saturated rings. The number of carboxylic acid groups (broad SMARTS) is 1. The molecule has 0 spiro atoms. The summed E-state index contributed by atoms with van der Waals surface area (Å²) in [5, 5.41) is 12.6. The van der Waals surface area contributed by atoms with Crippen molar-refractivity contribution in [1.82, 2.24) is 0 Å². The third kappa shape index (κ3) is 3.10. The van der Waals surface area contributed by atoms with Gasteiger partial charge in [0, 0.05) is 22.8 Å². The second-order valence-electron chi connectivity index (χ2n) is 7.03. The normalized spacial score (nSPS) is 15.8. The summed E-state index contributed by atoms with van der Waals surface area (Å²) in [4.78, 5) is 25.4. The van der Waals surface area contributed by atoms with Crippen molar-refractivity contribution in [3.8, 4) is 11.1 Å². The van der Waals surface area contributed by atoms with Crippen LogP contribution in [0.2, 0.25) is 0 Å². The van der Waals surface area contributed by atoms with Crippen LogP contribution in [0.25, 0.3) is 11.1 Å². The third-order valence-electron chi connectivity index (χ3n) is 5.02. The fourth-order valence-electron chi connectivity index (χ4n) is 3.74. The van der Waals surface area contributed by atoms with E-state index in [0.717, 1.165) is 32.9 Å². The topological polar surface area (TPSA) is 66.4 Å². The van der Waals surface area contributed by atoms with E-state index in [2.05, 4.69) is 5.32 Å². The summed E-state index contributed by atoms with van der Waals surface area (Å²) in [6.45, 7) is 3.97. The van der Waals surface area contributed by atoms with Crippen molar-refractivity contribution in [3.05, 3.63) is 74.7 Å². The van der Waals surface area contributed by atoms with Crippen LogP contribution in [0.3, 0.4) is 0 Å². The van der Waals surface area contributed by atoms with Crippen LogP contribution in [0.5, 0.6) is 0 Å². The van der Waals surface area contributed by atoms with Gasteiger partial charge in [-0.25, -0.2) is 9.18 Å². The van der Waals surface area contributed by atoms with Gasteiger partial charge in [0.2, 0.25) is 5.91 Å². The van der Waals surface area contributed by atoms with Crippen molar-refractivity contribution in [3.63, 3.8) is 0 Å². The maximum absolute atomic E-state index is 13.8. The van der Waals surface area contributed by atoms with E-state index in [0.29, 0.717) is 16.8 Å². The van der Waals surface area contributed by atoms with Crippen molar-refractivity contribution < 1.29 is 19.1 Å². The number of aromatic carboxylic acids is 1. The van der Waals surface area contributed by atoms with Gasteiger partial charge in [-0.2, -0.15) is 0 Å². The number of aryl methyl sites for hydroxylation is 2. The van der Waals surface area contributed by atoms with Crippen LogP contribution < -0.4 is 5.32 Å². The molecular weight excluding hydrogens is 377 g/mol. The first-order chi connectivity index (χ1) is 13.3. The number of nitrogens with one attached hydrogen (secondary N) is 1. The number of rotatable bonds is 3. The van der Waals surface area contributed by atoms with Crippen LogP contribution in [-0.2, 0) is 4.79 Å². The summed E-state index contributed by atoms with van der Waals surface area (Å²) in [5.74, 6) is -1.95. The Morgan fingerprint density at radius 3 is 2.71 bits per heavy atom. The van der Waals surface area contributed by atoms with Gasteiger partial charge < -0.3 is 10.4 Å². The molecule has 3 aromatic rings. The molecule has 28 heavy (non-hydrogen) atoms. The van der Waals surface area contributed by atoms with Gasteiger partial charge in [-0.1, -0.05) is 35.9 Å². The molecule has 2 aromatic carbocycles. The van der Waals surface area contributed by atoms with E-state index in [4.69, 9.17) is 0 Å². The van der Waals surface area contributed by atoms with Gasteiger partial charge in [0.05, 0.1) is 5.69 Å². The molecule has 1 atom stereocenters. The number of fused-ring (bicyclic) bond motifs is 1. The second kappa shape index (κ2) is 6.87. The van der Waals surface area contributed by atoms with Crippen LogP contribution >= 0.6 is 11.3 Å². The summed E-state index contributed by atoms with van der Waals surface area (Å²) in [5.41, 5.74) is 4.43. The summed E-state index contributed by atoms with van der Waals surface area (Å²) < 4.78 is 13.8. The van der Waals surface area contributed by atoms with Gasteiger partial charge in [0.1, 0.15) is 10.7 Å². The summed E-state index contributed by atoms with van der Waals surface area (Å²) >= 11 is 1.15. The van der Waals surface area contributed by atoms with E-state index in [1.807, 2.05) is 32.0 Å². The Balaban J connectivity index is 1.98. The minimum Gasteiger partial charge on any atom is -0.477 e. The molecule has 1 aliphatic heterocycles. The van der Waals surface area contributed by atoms with Gasteiger partial charge in [0.25, 0.3) is 0 Å². The number of carboxylic acids is 1. The molecule has 4 rings (SSSR count). The van der Waals surface area contributed by atoms with Crippen LogP contribution in [0.15, 0.2) is 42.5 Å². The Kier molecular flexibility index (Phi) is 4.51. The van der Waals surface area contributed by atoms with Crippen molar-refractivity contribution >= 4 is 28.9 Å². The number of carbonyl (C=O) groups is 2. The highest BCUT2D eigenvalue weighted by atomic mass is 32.1. The number of amides is 1. The minimum absolute atomic E-state index is 0.105. The molecule has 6 heteroatoms. The SMILES string of the molecule is Cc1ccc(C)c([C@@H]2CC(=O)Nc3c2sc(C(=O)O)c3-c2cccc(F)c2)c1. The molecule has 2 N–H and O–H groups in total. The lowest BCUT2D eigenvalue weighted by molar-refractivity contribution is -0.116. The lowest BCUT2D eigenvalue weighted by Gasteiger charge is -2.25. The fraction of sp³-hybridized carbons (Fsp3) is 0.182. The zero-order valence-corrected chi connectivity index (χ0v) is 16.2. The van der Waals surface area contributed by atoms with Gasteiger partial charge in [-0.05, 0) is 42.7 Å². The predicted molar refractivity (Wildman–Crippen MR) is 108 cm³/mol. The van der Waals surface area contributed by atoms with Gasteiger partial charge >= 0.3 is 5.97 Å². The van der Waals surface area contributed by atoms with Crippen LogP contribution in [0.4, 0.5) is 10.1 Å². The molecule has 0 bridgehead atoms. The molecule has 1 aromatic heterocycles. The Morgan fingerprint density at radius 1 is 1.21 bits per heavy atom. The molecule has 4 nitrogen and oxygen atoms in total. The predicted octanol–water partition coefficient (Wildman–Crippen LogP) is 5.34. The average molecular weight is 395 g/mol. The van der Waals surface area contributed by atoms with Crippen molar-refractivity contribution in [2.75, 3.05) is 5.32 Å². The lowest BCUT2D eigenvalue weighted by Crippen LogP contribution is -2.23. The number of halogens is 1.